The van der Waals surface area contributed by atoms with E-state index in [2.05, 4.69) is 45.4 Å². The van der Waals surface area contributed by atoms with Gasteiger partial charge in [-0.1, -0.05) is 11.6 Å². The molecular formula is C19H25N3O2. The quantitative estimate of drug-likeness (QED) is 0.759. The number of rotatable bonds is 8. The fourth-order valence-corrected chi connectivity index (χ4v) is 3.08. The van der Waals surface area contributed by atoms with E-state index in [1.165, 1.54) is 11.8 Å². The van der Waals surface area contributed by atoms with E-state index in [0.717, 1.165) is 45.4 Å². The molecule has 0 bridgehead atoms. The molecule has 1 amide bonds. The molecule has 0 atom stereocenters. The lowest BCUT2D eigenvalue weighted by Gasteiger charge is -2.27. The van der Waals surface area contributed by atoms with Gasteiger partial charge in [-0.05, 0) is 43.5 Å². The van der Waals surface area contributed by atoms with Crippen molar-refractivity contribution >= 4 is 5.91 Å². The Bertz CT molecular complexity index is 644. The number of hydrogen-bond acceptors (Lipinski definition) is 3. The molecule has 3 heterocycles. The fraction of sp³-hybridized carbons (Fsp3) is 0.421. The van der Waals surface area contributed by atoms with Gasteiger partial charge in [0.25, 0.3) is 5.91 Å². The van der Waals surface area contributed by atoms with Crippen LogP contribution in [0.5, 0.6) is 0 Å². The van der Waals surface area contributed by atoms with Crippen molar-refractivity contribution in [3.63, 3.8) is 0 Å². The summed E-state index contributed by atoms with van der Waals surface area (Å²) in [6.45, 7) is 4.99. The largest absolute Gasteiger partial charge is 0.459 e. The summed E-state index contributed by atoms with van der Waals surface area (Å²) in [5.74, 6) is 0.235. The van der Waals surface area contributed by atoms with Gasteiger partial charge in [-0.3, -0.25) is 9.69 Å². The maximum atomic E-state index is 11.8. The third-order valence-corrected chi connectivity index (χ3v) is 4.34. The standard InChI is InChI=1S/C19H25N3O2/c23-19(18-7-4-15-24-18)20-9-8-17-6-3-12-22(16-17)14-5-13-21-10-1-2-11-21/h1-2,4,6-7,10-11,15H,3,5,8-9,12-14,16H2,(H,20,23). The molecule has 1 aliphatic heterocycles. The Kier molecular flexibility index (Phi) is 5.90. The smallest absolute Gasteiger partial charge is 0.286 e. The van der Waals surface area contributed by atoms with Crippen LogP contribution in [0.1, 0.15) is 29.8 Å². The second kappa shape index (κ2) is 8.55. The summed E-state index contributed by atoms with van der Waals surface area (Å²) in [7, 11) is 0. The van der Waals surface area contributed by atoms with E-state index < -0.39 is 0 Å². The number of nitrogens with zero attached hydrogens (tertiary/aromatic N) is 2. The van der Waals surface area contributed by atoms with Crippen LogP contribution in [0.4, 0.5) is 0 Å². The summed E-state index contributed by atoms with van der Waals surface area (Å²) in [4.78, 5) is 14.3. The molecule has 128 valence electrons. The van der Waals surface area contributed by atoms with Crippen LogP contribution in [0.2, 0.25) is 0 Å². The number of amides is 1. The lowest BCUT2D eigenvalue weighted by Crippen LogP contribution is -2.33. The highest BCUT2D eigenvalue weighted by atomic mass is 16.3. The van der Waals surface area contributed by atoms with E-state index in [1.54, 1.807) is 12.1 Å². The Morgan fingerprint density at radius 2 is 2.08 bits per heavy atom. The van der Waals surface area contributed by atoms with Crippen LogP contribution in [0.15, 0.2) is 59.0 Å². The molecule has 24 heavy (non-hydrogen) atoms. The number of hydrogen-bond donors (Lipinski definition) is 1. The van der Waals surface area contributed by atoms with Gasteiger partial charge in [0.2, 0.25) is 0 Å². The normalized spacial score (nSPS) is 15.2. The van der Waals surface area contributed by atoms with Crippen LogP contribution in [0.25, 0.3) is 0 Å². The Morgan fingerprint density at radius 3 is 2.88 bits per heavy atom. The van der Waals surface area contributed by atoms with Crippen molar-refractivity contribution in [1.29, 1.82) is 0 Å². The molecule has 2 aromatic rings. The highest BCUT2D eigenvalue weighted by Crippen LogP contribution is 2.13. The second-order valence-electron chi connectivity index (χ2n) is 6.18. The fourth-order valence-electron chi connectivity index (χ4n) is 3.08. The van der Waals surface area contributed by atoms with Crippen LogP contribution in [-0.2, 0) is 6.54 Å². The molecular weight excluding hydrogens is 302 g/mol. The molecule has 1 N–H and O–H groups in total. The zero-order chi connectivity index (χ0) is 16.6. The van der Waals surface area contributed by atoms with Gasteiger partial charge in [0.05, 0.1) is 6.26 Å². The van der Waals surface area contributed by atoms with E-state index in [4.69, 9.17) is 4.42 Å². The molecule has 0 spiro atoms. The van der Waals surface area contributed by atoms with Gasteiger partial charge < -0.3 is 14.3 Å². The molecule has 3 rings (SSSR count). The molecule has 0 aliphatic carbocycles. The number of furan rings is 1. The van der Waals surface area contributed by atoms with Crippen LogP contribution in [-0.4, -0.2) is 41.6 Å². The number of carbonyl (C=O) groups excluding carboxylic acids is 1. The predicted molar refractivity (Wildman–Crippen MR) is 93.8 cm³/mol. The lowest BCUT2D eigenvalue weighted by molar-refractivity contribution is 0.0926. The Hall–Kier alpha value is -2.27. The van der Waals surface area contributed by atoms with Crippen LogP contribution >= 0.6 is 0 Å². The van der Waals surface area contributed by atoms with Gasteiger partial charge in [0.1, 0.15) is 0 Å². The maximum absolute atomic E-state index is 11.8. The molecule has 1 aliphatic rings. The average Bonchev–Trinajstić information content (AvgIpc) is 3.29. The first-order valence-corrected chi connectivity index (χ1v) is 8.64. The number of nitrogens with one attached hydrogen (secondary N) is 1. The summed E-state index contributed by atoms with van der Waals surface area (Å²) in [5, 5.41) is 2.91. The topological polar surface area (TPSA) is 50.4 Å². The second-order valence-corrected chi connectivity index (χ2v) is 6.18. The maximum Gasteiger partial charge on any atom is 0.286 e. The third kappa shape index (κ3) is 4.86. The summed E-state index contributed by atoms with van der Waals surface area (Å²) in [6, 6.07) is 7.55. The molecule has 0 unspecified atom stereocenters. The molecule has 0 saturated heterocycles. The zero-order valence-electron chi connectivity index (χ0n) is 14.0. The van der Waals surface area contributed by atoms with Crippen molar-refractivity contribution in [3.8, 4) is 0 Å². The van der Waals surface area contributed by atoms with Crippen LogP contribution in [0, 0.1) is 0 Å². The summed E-state index contributed by atoms with van der Waals surface area (Å²) in [5.41, 5.74) is 1.42. The van der Waals surface area contributed by atoms with Gasteiger partial charge in [0.15, 0.2) is 5.76 Å². The summed E-state index contributed by atoms with van der Waals surface area (Å²) in [6.07, 6.45) is 11.2. The van der Waals surface area contributed by atoms with Crippen molar-refractivity contribution < 1.29 is 9.21 Å². The first-order valence-electron chi connectivity index (χ1n) is 8.64. The Morgan fingerprint density at radius 1 is 1.21 bits per heavy atom. The zero-order valence-corrected chi connectivity index (χ0v) is 14.0. The van der Waals surface area contributed by atoms with E-state index in [1.807, 2.05) is 0 Å². The van der Waals surface area contributed by atoms with Crippen molar-refractivity contribution in [1.82, 2.24) is 14.8 Å². The predicted octanol–water partition coefficient (Wildman–Crippen LogP) is 2.92. The molecule has 0 saturated carbocycles. The molecule has 2 aromatic heterocycles. The average molecular weight is 327 g/mol. The van der Waals surface area contributed by atoms with Gasteiger partial charge in [-0.25, -0.2) is 0 Å². The van der Waals surface area contributed by atoms with E-state index >= 15 is 0 Å². The van der Waals surface area contributed by atoms with Crippen LogP contribution in [0.3, 0.4) is 0 Å². The molecule has 0 aromatic carbocycles. The van der Waals surface area contributed by atoms with Gasteiger partial charge in [-0.15, -0.1) is 0 Å². The molecule has 5 heteroatoms. The Balaban J connectivity index is 1.34. The van der Waals surface area contributed by atoms with Gasteiger partial charge >= 0.3 is 0 Å². The number of aromatic nitrogens is 1. The van der Waals surface area contributed by atoms with E-state index in [-0.39, 0.29) is 5.91 Å². The lowest BCUT2D eigenvalue weighted by atomic mass is 10.1. The van der Waals surface area contributed by atoms with Gasteiger partial charge in [-0.2, -0.15) is 0 Å². The SMILES string of the molecule is O=C(NCCC1=CCCN(CCCn2cccc2)C1)c1ccco1. The first-order chi connectivity index (χ1) is 11.8. The minimum atomic E-state index is -0.139. The molecule has 0 radical (unpaired) electrons. The monoisotopic (exact) mass is 327 g/mol. The summed E-state index contributed by atoms with van der Waals surface area (Å²) >= 11 is 0. The highest BCUT2D eigenvalue weighted by Gasteiger charge is 2.13. The minimum absolute atomic E-state index is 0.139. The first kappa shape index (κ1) is 16.6. The third-order valence-electron chi connectivity index (χ3n) is 4.34. The Labute approximate surface area is 142 Å². The summed E-state index contributed by atoms with van der Waals surface area (Å²) < 4.78 is 7.32. The molecule has 5 nitrogen and oxygen atoms in total. The molecule has 0 fully saturated rings. The van der Waals surface area contributed by atoms with Crippen molar-refractivity contribution in [3.05, 3.63) is 60.3 Å². The van der Waals surface area contributed by atoms with E-state index in [0.29, 0.717) is 12.3 Å². The van der Waals surface area contributed by atoms with Crippen molar-refractivity contribution in [2.75, 3.05) is 26.2 Å². The van der Waals surface area contributed by atoms with Crippen molar-refractivity contribution in [2.45, 2.75) is 25.8 Å². The van der Waals surface area contributed by atoms with Gasteiger partial charge in [0, 0.05) is 45.1 Å². The number of aryl methyl sites for hydroxylation is 1. The van der Waals surface area contributed by atoms with E-state index in [9.17, 15) is 4.79 Å². The van der Waals surface area contributed by atoms with Crippen LogP contribution < -0.4 is 5.32 Å². The highest BCUT2D eigenvalue weighted by molar-refractivity contribution is 5.91. The number of carbonyl (C=O) groups is 1. The van der Waals surface area contributed by atoms with Crippen molar-refractivity contribution in [2.24, 2.45) is 0 Å². The minimum Gasteiger partial charge on any atom is -0.459 e.